The van der Waals surface area contributed by atoms with Crippen LogP contribution in [0.4, 0.5) is 0 Å². The van der Waals surface area contributed by atoms with E-state index in [1.54, 1.807) is 0 Å². The first kappa shape index (κ1) is 16.8. The maximum Gasteiger partial charge on any atom is 0.119 e. The van der Waals surface area contributed by atoms with Crippen molar-refractivity contribution in [2.75, 3.05) is 0 Å². The third kappa shape index (κ3) is 4.74. The summed E-state index contributed by atoms with van der Waals surface area (Å²) in [4.78, 5) is 0. The lowest BCUT2D eigenvalue weighted by molar-refractivity contribution is 0.306. The van der Waals surface area contributed by atoms with Crippen molar-refractivity contribution in [2.24, 2.45) is 5.92 Å². The molecule has 0 amide bonds. The molecule has 2 aromatic rings. The lowest BCUT2D eigenvalue weighted by atomic mass is 9.84. The Balaban J connectivity index is 1.54. The van der Waals surface area contributed by atoms with Crippen LogP contribution in [0.3, 0.4) is 0 Å². The first-order valence-corrected chi connectivity index (χ1v) is 9.31. The van der Waals surface area contributed by atoms with Crippen LogP contribution < -0.4 is 4.74 Å². The van der Waals surface area contributed by atoms with Gasteiger partial charge in [0.2, 0.25) is 0 Å². The number of unbranched alkanes of at least 4 members (excludes halogenated alkanes) is 1. The van der Waals surface area contributed by atoms with E-state index in [0.717, 1.165) is 11.7 Å². The Bertz CT molecular complexity index is 639. The van der Waals surface area contributed by atoms with Crippen molar-refractivity contribution < 1.29 is 4.74 Å². The van der Waals surface area contributed by atoms with Crippen molar-refractivity contribution in [3.63, 3.8) is 0 Å². The number of rotatable bonds is 7. The van der Waals surface area contributed by atoms with Gasteiger partial charge in [-0.2, -0.15) is 0 Å². The number of benzene rings is 2. The molecule has 2 aromatic carbocycles. The third-order valence-electron chi connectivity index (χ3n) is 4.96. The highest BCUT2D eigenvalue weighted by Crippen LogP contribution is 2.33. The van der Waals surface area contributed by atoms with Crippen LogP contribution in [0.1, 0.15) is 56.6 Å². The zero-order chi connectivity index (χ0) is 16.6. The van der Waals surface area contributed by atoms with Crippen LogP contribution in [0, 0.1) is 5.92 Å². The predicted octanol–water partition coefficient (Wildman–Crippen LogP) is 6.64. The van der Waals surface area contributed by atoms with Crippen molar-refractivity contribution in [1.29, 1.82) is 0 Å². The predicted molar refractivity (Wildman–Crippen MR) is 102 cm³/mol. The van der Waals surface area contributed by atoms with Crippen LogP contribution in [0.5, 0.6) is 5.75 Å². The minimum atomic E-state index is 0.627. The second kappa shape index (κ2) is 8.73. The summed E-state index contributed by atoms with van der Waals surface area (Å²) < 4.78 is 5.88. The van der Waals surface area contributed by atoms with E-state index in [2.05, 4.69) is 49.4 Å². The zero-order valence-electron chi connectivity index (χ0n) is 14.7. The normalized spacial score (nSPS) is 17.4. The minimum Gasteiger partial charge on any atom is -0.489 e. The maximum absolute atomic E-state index is 5.88. The van der Waals surface area contributed by atoms with Gasteiger partial charge in [-0.25, -0.2) is 0 Å². The molecule has 0 aliphatic heterocycles. The van der Waals surface area contributed by atoms with Crippen molar-refractivity contribution in [3.8, 4) is 5.75 Å². The van der Waals surface area contributed by atoms with Crippen molar-refractivity contribution >= 4 is 5.57 Å². The Kier molecular flexibility index (Phi) is 6.12. The molecule has 0 aromatic heterocycles. The molecule has 0 bridgehead atoms. The van der Waals surface area contributed by atoms with Crippen molar-refractivity contribution in [3.05, 3.63) is 71.8 Å². The Morgan fingerprint density at radius 2 is 1.79 bits per heavy atom. The molecule has 24 heavy (non-hydrogen) atoms. The summed E-state index contributed by atoms with van der Waals surface area (Å²) >= 11 is 0. The van der Waals surface area contributed by atoms with Gasteiger partial charge < -0.3 is 4.74 Å². The second-order valence-corrected chi connectivity index (χ2v) is 6.81. The molecule has 1 nitrogen and oxygen atoms in total. The Morgan fingerprint density at radius 1 is 1.00 bits per heavy atom. The van der Waals surface area contributed by atoms with Crippen LogP contribution in [0.25, 0.3) is 5.57 Å². The highest BCUT2D eigenvalue weighted by Gasteiger charge is 2.14. The summed E-state index contributed by atoms with van der Waals surface area (Å²) in [5.74, 6) is 1.85. The molecule has 0 saturated carbocycles. The van der Waals surface area contributed by atoms with Gasteiger partial charge in [0, 0.05) is 0 Å². The van der Waals surface area contributed by atoms with Gasteiger partial charge >= 0.3 is 0 Å². The Hall–Kier alpha value is -2.02. The van der Waals surface area contributed by atoms with Crippen LogP contribution in [0.15, 0.2) is 60.7 Å². The van der Waals surface area contributed by atoms with Crippen LogP contribution in [0.2, 0.25) is 0 Å². The molecule has 0 fully saturated rings. The topological polar surface area (TPSA) is 9.23 Å². The Morgan fingerprint density at radius 3 is 2.46 bits per heavy atom. The van der Waals surface area contributed by atoms with E-state index >= 15 is 0 Å². The van der Waals surface area contributed by atoms with E-state index in [1.807, 2.05) is 18.2 Å². The molecule has 0 radical (unpaired) electrons. The van der Waals surface area contributed by atoms with Crippen LogP contribution in [-0.4, -0.2) is 0 Å². The summed E-state index contributed by atoms with van der Waals surface area (Å²) in [6.45, 7) is 2.91. The summed E-state index contributed by atoms with van der Waals surface area (Å²) in [6.07, 6.45) is 10.4. The molecule has 3 rings (SSSR count). The fourth-order valence-electron chi connectivity index (χ4n) is 3.41. The molecule has 0 N–H and O–H groups in total. The molecular formula is C23H28O. The van der Waals surface area contributed by atoms with Gasteiger partial charge in [0.15, 0.2) is 0 Å². The van der Waals surface area contributed by atoms with Gasteiger partial charge in [-0.3, -0.25) is 0 Å². The van der Waals surface area contributed by atoms with Gasteiger partial charge in [0.1, 0.15) is 12.4 Å². The summed E-state index contributed by atoms with van der Waals surface area (Å²) in [5.41, 5.74) is 4.07. The average molecular weight is 320 g/mol. The van der Waals surface area contributed by atoms with E-state index in [0.29, 0.717) is 6.61 Å². The fraction of sp³-hybridized carbons (Fsp3) is 0.391. The van der Waals surface area contributed by atoms with E-state index in [4.69, 9.17) is 4.74 Å². The molecule has 1 aliphatic rings. The monoisotopic (exact) mass is 320 g/mol. The minimum absolute atomic E-state index is 0.627. The average Bonchev–Trinajstić information content (AvgIpc) is 2.66. The van der Waals surface area contributed by atoms with Gasteiger partial charge in [-0.05, 0) is 54.0 Å². The van der Waals surface area contributed by atoms with Gasteiger partial charge in [0.05, 0.1) is 0 Å². The van der Waals surface area contributed by atoms with Gasteiger partial charge in [-0.1, -0.05) is 74.7 Å². The highest BCUT2D eigenvalue weighted by molar-refractivity contribution is 5.66. The standard InChI is InChI=1S/C23H28O/c1-2-3-7-19-10-12-21(13-11-19)22-14-16-23(17-15-22)24-18-20-8-5-4-6-9-20/h4-6,8-9,12,14-17,19H,2-3,7,10-11,13,18H2,1H3. The molecule has 1 unspecified atom stereocenters. The number of allylic oxidation sites excluding steroid dienone is 2. The molecular weight excluding hydrogens is 292 g/mol. The highest BCUT2D eigenvalue weighted by atomic mass is 16.5. The quantitative estimate of drug-likeness (QED) is 0.555. The molecule has 1 aliphatic carbocycles. The van der Waals surface area contributed by atoms with E-state index in [-0.39, 0.29) is 0 Å². The van der Waals surface area contributed by atoms with E-state index in [9.17, 15) is 0 Å². The van der Waals surface area contributed by atoms with E-state index < -0.39 is 0 Å². The summed E-state index contributed by atoms with van der Waals surface area (Å²) in [6, 6.07) is 18.9. The third-order valence-corrected chi connectivity index (χ3v) is 4.96. The zero-order valence-corrected chi connectivity index (χ0v) is 14.7. The molecule has 0 heterocycles. The van der Waals surface area contributed by atoms with Crippen molar-refractivity contribution in [1.82, 2.24) is 0 Å². The first-order chi connectivity index (χ1) is 11.8. The maximum atomic E-state index is 5.88. The SMILES string of the molecule is CCCCC1CC=C(c2ccc(OCc3ccccc3)cc2)CC1. The van der Waals surface area contributed by atoms with Crippen LogP contribution in [-0.2, 0) is 6.61 Å². The molecule has 1 heteroatoms. The number of ether oxygens (including phenoxy) is 1. The second-order valence-electron chi connectivity index (χ2n) is 6.81. The molecule has 1 atom stereocenters. The lowest BCUT2D eigenvalue weighted by Crippen LogP contribution is -2.05. The summed E-state index contributed by atoms with van der Waals surface area (Å²) in [7, 11) is 0. The lowest BCUT2D eigenvalue weighted by Gasteiger charge is -2.22. The number of hydrogen-bond acceptors (Lipinski definition) is 1. The smallest absolute Gasteiger partial charge is 0.119 e. The molecule has 0 spiro atoms. The van der Waals surface area contributed by atoms with Gasteiger partial charge in [-0.15, -0.1) is 0 Å². The largest absolute Gasteiger partial charge is 0.489 e. The Labute approximate surface area is 146 Å². The summed E-state index contributed by atoms with van der Waals surface area (Å²) in [5, 5.41) is 0. The van der Waals surface area contributed by atoms with Gasteiger partial charge in [0.25, 0.3) is 0 Å². The van der Waals surface area contributed by atoms with Crippen LogP contribution >= 0.6 is 0 Å². The molecule has 126 valence electrons. The molecule has 0 saturated heterocycles. The van der Waals surface area contributed by atoms with Crippen molar-refractivity contribution in [2.45, 2.75) is 52.1 Å². The number of hydrogen-bond donors (Lipinski definition) is 0. The van der Waals surface area contributed by atoms with E-state index in [1.165, 1.54) is 55.2 Å². The first-order valence-electron chi connectivity index (χ1n) is 9.31. The fourth-order valence-corrected chi connectivity index (χ4v) is 3.41.